The summed E-state index contributed by atoms with van der Waals surface area (Å²) in [7, 11) is -3.17. The van der Waals surface area contributed by atoms with E-state index in [1.165, 1.54) is 0 Å². The highest BCUT2D eigenvalue weighted by molar-refractivity contribution is 7.88. The average molecular weight is 189 g/mol. The zero-order valence-corrected chi connectivity index (χ0v) is 7.45. The maximum atomic E-state index is 9.41. The topological polar surface area (TPSA) is 80.4 Å². The summed E-state index contributed by atoms with van der Waals surface area (Å²) in [4.78, 5) is 0. The molecule has 1 aromatic rings. The molecule has 0 aliphatic rings. The lowest BCUT2D eigenvalue weighted by Gasteiger charge is -1.82. The summed E-state index contributed by atoms with van der Waals surface area (Å²) in [6.45, 7) is 0. The monoisotopic (exact) mass is 189 g/mol. The van der Waals surface area contributed by atoms with Gasteiger partial charge in [-0.15, -0.1) is 0 Å². The number of phenolic OH excluding ortho intramolecular Hbond substituents is 1. The number of phenols is 1. The van der Waals surface area contributed by atoms with Crippen molar-refractivity contribution in [1.82, 2.24) is 0 Å². The number of benzene rings is 1. The molecule has 0 fully saturated rings. The van der Waals surface area contributed by atoms with Crippen LogP contribution < -0.4 is 5.14 Å². The summed E-state index contributed by atoms with van der Waals surface area (Å²) in [5.74, 6) is 0.322. The van der Waals surface area contributed by atoms with Crippen molar-refractivity contribution in [2.24, 2.45) is 5.14 Å². The van der Waals surface area contributed by atoms with Crippen molar-refractivity contribution in [2.45, 2.75) is 0 Å². The summed E-state index contributed by atoms with van der Waals surface area (Å²) in [5, 5.41) is 13.0. The summed E-state index contributed by atoms with van der Waals surface area (Å²) >= 11 is 0. The lowest BCUT2D eigenvalue weighted by molar-refractivity contribution is 0.475. The van der Waals surface area contributed by atoms with Crippen LogP contribution in [0.3, 0.4) is 0 Å². The molecule has 0 saturated heterocycles. The Morgan fingerprint density at radius 1 is 1.25 bits per heavy atom. The normalized spacial score (nSPS) is 9.83. The van der Waals surface area contributed by atoms with Gasteiger partial charge in [-0.2, -0.15) is 0 Å². The van der Waals surface area contributed by atoms with Gasteiger partial charge in [0.2, 0.25) is 10.0 Å². The van der Waals surface area contributed by atoms with Crippen LogP contribution in [-0.4, -0.2) is 19.8 Å². The quantitative estimate of drug-likeness (QED) is 0.615. The van der Waals surface area contributed by atoms with E-state index in [1.54, 1.807) is 24.3 Å². The second-order valence-electron chi connectivity index (χ2n) is 2.17. The van der Waals surface area contributed by atoms with Crippen LogP contribution in [0.1, 0.15) is 0 Å². The minimum atomic E-state index is -3.17. The highest BCUT2D eigenvalue weighted by atomic mass is 32.2. The van der Waals surface area contributed by atoms with Gasteiger partial charge in [0.15, 0.2) is 0 Å². The SMILES string of the molecule is CS(N)(=O)=O.Oc1ccccc1. The molecule has 0 amide bonds. The molecule has 3 N–H and O–H groups in total. The molecule has 12 heavy (non-hydrogen) atoms. The van der Waals surface area contributed by atoms with Gasteiger partial charge in [0.05, 0.1) is 6.26 Å². The fraction of sp³-hybridized carbons (Fsp3) is 0.143. The Morgan fingerprint density at radius 2 is 1.58 bits per heavy atom. The number of para-hydroxylation sites is 1. The van der Waals surface area contributed by atoms with E-state index in [2.05, 4.69) is 5.14 Å². The first-order valence-corrected chi connectivity index (χ1v) is 5.07. The highest BCUT2D eigenvalue weighted by Gasteiger charge is 1.78. The van der Waals surface area contributed by atoms with Gasteiger partial charge in [-0.25, -0.2) is 13.6 Å². The van der Waals surface area contributed by atoms with Crippen LogP contribution in [0.25, 0.3) is 0 Å². The van der Waals surface area contributed by atoms with Gasteiger partial charge in [0, 0.05) is 0 Å². The minimum Gasteiger partial charge on any atom is -0.508 e. The zero-order chi connectivity index (χ0) is 9.61. The van der Waals surface area contributed by atoms with Gasteiger partial charge >= 0.3 is 0 Å². The Morgan fingerprint density at radius 3 is 1.75 bits per heavy atom. The Bertz CT molecular complexity index is 299. The molecule has 0 atom stereocenters. The van der Waals surface area contributed by atoms with Crippen LogP contribution in [0.5, 0.6) is 5.75 Å². The fourth-order valence-corrected chi connectivity index (χ4v) is 0.428. The van der Waals surface area contributed by atoms with Crippen LogP contribution in [0.2, 0.25) is 0 Å². The van der Waals surface area contributed by atoms with E-state index in [0.717, 1.165) is 6.26 Å². The lowest BCUT2D eigenvalue weighted by Crippen LogP contribution is -2.07. The first-order valence-electron chi connectivity index (χ1n) is 3.11. The first kappa shape index (κ1) is 10.9. The molecule has 1 rings (SSSR count). The molecule has 0 aromatic heterocycles. The van der Waals surface area contributed by atoms with E-state index >= 15 is 0 Å². The molecular formula is C7H11NO3S. The molecule has 0 saturated carbocycles. The average Bonchev–Trinajstić information content (AvgIpc) is 1.85. The van der Waals surface area contributed by atoms with Crippen LogP contribution in [0.4, 0.5) is 0 Å². The number of nitrogens with two attached hydrogens (primary N) is 1. The summed E-state index contributed by atoms with van der Waals surface area (Å²) in [6.07, 6.45) is 0.938. The standard InChI is InChI=1S/C6H6O.CH5NO2S/c7-6-4-2-1-3-5-6;1-5(2,3)4/h1-5,7H;1H3,(H2,2,3,4). The van der Waals surface area contributed by atoms with Crippen molar-refractivity contribution in [3.63, 3.8) is 0 Å². The van der Waals surface area contributed by atoms with E-state index < -0.39 is 10.0 Å². The number of hydrogen-bond acceptors (Lipinski definition) is 3. The molecule has 0 bridgehead atoms. The first-order chi connectivity index (χ1) is 5.39. The van der Waals surface area contributed by atoms with Crippen molar-refractivity contribution < 1.29 is 13.5 Å². The van der Waals surface area contributed by atoms with E-state index in [-0.39, 0.29) is 0 Å². The second-order valence-corrected chi connectivity index (χ2v) is 3.82. The molecule has 68 valence electrons. The maximum absolute atomic E-state index is 9.41. The fourth-order valence-electron chi connectivity index (χ4n) is 0.428. The molecule has 0 radical (unpaired) electrons. The number of hydrogen-bond donors (Lipinski definition) is 2. The second kappa shape index (κ2) is 4.74. The molecule has 0 heterocycles. The van der Waals surface area contributed by atoms with E-state index in [1.807, 2.05) is 6.07 Å². The van der Waals surface area contributed by atoms with E-state index in [4.69, 9.17) is 5.11 Å². The third-order valence-electron chi connectivity index (χ3n) is 0.756. The van der Waals surface area contributed by atoms with Gasteiger partial charge in [-0.05, 0) is 12.1 Å². The molecule has 0 spiro atoms. The molecule has 5 heteroatoms. The van der Waals surface area contributed by atoms with Crippen molar-refractivity contribution in [1.29, 1.82) is 0 Å². The lowest BCUT2D eigenvalue weighted by atomic mass is 10.3. The zero-order valence-electron chi connectivity index (χ0n) is 6.64. The molecular weight excluding hydrogens is 178 g/mol. The Kier molecular flexibility index (Phi) is 4.31. The third-order valence-corrected chi connectivity index (χ3v) is 0.756. The molecule has 4 nitrogen and oxygen atoms in total. The molecule has 0 aliphatic carbocycles. The van der Waals surface area contributed by atoms with Gasteiger partial charge in [0.25, 0.3) is 0 Å². The van der Waals surface area contributed by atoms with Gasteiger partial charge in [-0.1, -0.05) is 18.2 Å². The summed E-state index contributed by atoms with van der Waals surface area (Å²) in [6, 6.07) is 8.71. The summed E-state index contributed by atoms with van der Waals surface area (Å²) < 4.78 is 18.8. The third kappa shape index (κ3) is 11.7. The Labute approximate surface area is 71.7 Å². The number of sulfonamides is 1. The maximum Gasteiger partial charge on any atom is 0.206 e. The van der Waals surface area contributed by atoms with Gasteiger partial charge < -0.3 is 5.11 Å². The number of rotatable bonds is 0. The predicted molar refractivity (Wildman–Crippen MR) is 47.1 cm³/mol. The van der Waals surface area contributed by atoms with Crippen molar-refractivity contribution >= 4 is 10.0 Å². The van der Waals surface area contributed by atoms with Crippen LogP contribution in [-0.2, 0) is 10.0 Å². The predicted octanol–water partition coefficient (Wildman–Crippen LogP) is 0.297. The Balaban J connectivity index is 0.000000217. The van der Waals surface area contributed by atoms with Crippen LogP contribution in [0, 0.1) is 0 Å². The van der Waals surface area contributed by atoms with Crippen molar-refractivity contribution in [3.8, 4) is 5.75 Å². The number of aromatic hydroxyl groups is 1. The molecule has 0 aliphatic heterocycles. The highest BCUT2D eigenvalue weighted by Crippen LogP contribution is 2.02. The van der Waals surface area contributed by atoms with Crippen LogP contribution in [0.15, 0.2) is 30.3 Å². The van der Waals surface area contributed by atoms with Gasteiger partial charge in [0.1, 0.15) is 5.75 Å². The van der Waals surface area contributed by atoms with Gasteiger partial charge in [-0.3, -0.25) is 0 Å². The van der Waals surface area contributed by atoms with Crippen LogP contribution >= 0.6 is 0 Å². The minimum absolute atomic E-state index is 0.322. The molecule has 0 unspecified atom stereocenters. The number of primary sulfonamides is 1. The smallest absolute Gasteiger partial charge is 0.206 e. The molecule has 1 aromatic carbocycles. The van der Waals surface area contributed by atoms with Crippen molar-refractivity contribution in [2.75, 3.05) is 6.26 Å². The Hall–Kier alpha value is -1.07. The van der Waals surface area contributed by atoms with E-state index in [0.29, 0.717) is 5.75 Å². The largest absolute Gasteiger partial charge is 0.508 e. The van der Waals surface area contributed by atoms with Crippen molar-refractivity contribution in [3.05, 3.63) is 30.3 Å². The van der Waals surface area contributed by atoms with E-state index in [9.17, 15) is 8.42 Å². The summed E-state index contributed by atoms with van der Waals surface area (Å²) in [5.41, 5.74) is 0.